The SMILES string of the molecule is c1ccc(COc2ccc(COCC[C@H]3CCCN3)cc2OCc2ccccc2)cc1. The molecule has 1 aliphatic heterocycles. The summed E-state index contributed by atoms with van der Waals surface area (Å²) in [7, 11) is 0. The van der Waals surface area contributed by atoms with Crippen molar-refractivity contribution in [2.75, 3.05) is 13.2 Å². The number of benzene rings is 3. The first-order valence-corrected chi connectivity index (χ1v) is 11.1. The Morgan fingerprint density at radius 1 is 0.710 bits per heavy atom. The zero-order chi connectivity index (χ0) is 21.1. The summed E-state index contributed by atoms with van der Waals surface area (Å²) in [5, 5.41) is 3.52. The van der Waals surface area contributed by atoms with Gasteiger partial charge in [-0.15, -0.1) is 0 Å². The van der Waals surface area contributed by atoms with E-state index < -0.39 is 0 Å². The molecular formula is C27H31NO3. The fourth-order valence-electron chi connectivity index (χ4n) is 3.76. The molecular weight excluding hydrogens is 386 g/mol. The molecule has 1 atom stereocenters. The Hall–Kier alpha value is -2.82. The van der Waals surface area contributed by atoms with Gasteiger partial charge >= 0.3 is 0 Å². The molecule has 1 heterocycles. The van der Waals surface area contributed by atoms with Gasteiger partial charge in [-0.1, -0.05) is 66.7 Å². The zero-order valence-electron chi connectivity index (χ0n) is 18.0. The molecule has 0 amide bonds. The summed E-state index contributed by atoms with van der Waals surface area (Å²) in [6, 6.07) is 27.1. The molecule has 3 aromatic rings. The summed E-state index contributed by atoms with van der Waals surface area (Å²) < 4.78 is 18.2. The lowest BCUT2D eigenvalue weighted by molar-refractivity contribution is 0.112. The lowest BCUT2D eigenvalue weighted by Gasteiger charge is -2.15. The lowest BCUT2D eigenvalue weighted by Crippen LogP contribution is -2.22. The molecule has 1 fully saturated rings. The van der Waals surface area contributed by atoms with E-state index in [1.807, 2.05) is 48.5 Å². The quantitative estimate of drug-likeness (QED) is 0.418. The number of hydrogen-bond donors (Lipinski definition) is 1. The molecule has 0 aliphatic carbocycles. The van der Waals surface area contributed by atoms with E-state index in [9.17, 15) is 0 Å². The monoisotopic (exact) mass is 417 g/mol. The van der Waals surface area contributed by atoms with Crippen LogP contribution >= 0.6 is 0 Å². The zero-order valence-corrected chi connectivity index (χ0v) is 18.0. The van der Waals surface area contributed by atoms with E-state index in [0.717, 1.165) is 47.8 Å². The molecule has 162 valence electrons. The molecule has 0 spiro atoms. The predicted molar refractivity (Wildman–Crippen MR) is 123 cm³/mol. The van der Waals surface area contributed by atoms with Gasteiger partial charge < -0.3 is 19.5 Å². The molecule has 0 unspecified atom stereocenters. The molecule has 4 heteroatoms. The molecule has 1 aliphatic rings. The highest BCUT2D eigenvalue weighted by molar-refractivity contribution is 5.43. The highest BCUT2D eigenvalue weighted by Crippen LogP contribution is 2.30. The van der Waals surface area contributed by atoms with E-state index in [1.165, 1.54) is 12.8 Å². The van der Waals surface area contributed by atoms with Crippen molar-refractivity contribution < 1.29 is 14.2 Å². The van der Waals surface area contributed by atoms with Crippen LogP contribution in [0.2, 0.25) is 0 Å². The largest absolute Gasteiger partial charge is 0.485 e. The van der Waals surface area contributed by atoms with Crippen LogP contribution in [0.1, 0.15) is 36.0 Å². The van der Waals surface area contributed by atoms with Crippen LogP contribution in [0.25, 0.3) is 0 Å². The van der Waals surface area contributed by atoms with Crippen LogP contribution in [0.5, 0.6) is 11.5 Å². The van der Waals surface area contributed by atoms with Crippen molar-refractivity contribution >= 4 is 0 Å². The third-order valence-corrected chi connectivity index (χ3v) is 5.52. The molecule has 1 saturated heterocycles. The van der Waals surface area contributed by atoms with Crippen molar-refractivity contribution in [2.45, 2.75) is 45.1 Å². The molecule has 0 bridgehead atoms. The van der Waals surface area contributed by atoms with Crippen LogP contribution in [0.15, 0.2) is 78.9 Å². The van der Waals surface area contributed by atoms with E-state index in [4.69, 9.17) is 14.2 Å². The first-order valence-electron chi connectivity index (χ1n) is 11.1. The second-order valence-electron chi connectivity index (χ2n) is 7.96. The van der Waals surface area contributed by atoms with E-state index in [0.29, 0.717) is 25.9 Å². The van der Waals surface area contributed by atoms with Gasteiger partial charge in [-0.05, 0) is 54.6 Å². The fraction of sp³-hybridized carbons (Fsp3) is 0.333. The van der Waals surface area contributed by atoms with E-state index in [2.05, 4.69) is 35.6 Å². The van der Waals surface area contributed by atoms with Crippen molar-refractivity contribution in [3.63, 3.8) is 0 Å². The van der Waals surface area contributed by atoms with Crippen molar-refractivity contribution in [1.82, 2.24) is 5.32 Å². The fourth-order valence-corrected chi connectivity index (χ4v) is 3.76. The van der Waals surface area contributed by atoms with Gasteiger partial charge in [0, 0.05) is 12.6 Å². The van der Waals surface area contributed by atoms with Crippen molar-refractivity contribution in [3.05, 3.63) is 95.6 Å². The van der Waals surface area contributed by atoms with Gasteiger partial charge in [0.1, 0.15) is 13.2 Å². The highest BCUT2D eigenvalue weighted by Gasteiger charge is 2.13. The summed E-state index contributed by atoms with van der Waals surface area (Å²) in [5.74, 6) is 1.50. The third kappa shape index (κ3) is 6.84. The lowest BCUT2D eigenvalue weighted by atomic mass is 10.2. The Labute approximate surface area is 185 Å². The number of nitrogens with one attached hydrogen (secondary N) is 1. The minimum Gasteiger partial charge on any atom is -0.485 e. The van der Waals surface area contributed by atoms with Crippen molar-refractivity contribution in [2.24, 2.45) is 0 Å². The van der Waals surface area contributed by atoms with Gasteiger partial charge in [0.25, 0.3) is 0 Å². The van der Waals surface area contributed by atoms with Crippen LogP contribution in [-0.2, 0) is 24.6 Å². The average molecular weight is 418 g/mol. The van der Waals surface area contributed by atoms with Gasteiger partial charge in [0.05, 0.1) is 6.61 Å². The second kappa shape index (κ2) is 11.5. The van der Waals surface area contributed by atoms with Crippen LogP contribution in [0, 0.1) is 0 Å². The smallest absolute Gasteiger partial charge is 0.162 e. The highest BCUT2D eigenvalue weighted by atomic mass is 16.5. The van der Waals surface area contributed by atoms with Crippen LogP contribution in [0.3, 0.4) is 0 Å². The minimum atomic E-state index is 0.500. The summed E-state index contributed by atoms with van der Waals surface area (Å²) in [6.07, 6.45) is 3.60. The Morgan fingerprint density at radius 2 is 1.39 bits per heavy atom. The van der Waals surface area contributed by atoms with Gasteiger partial charge in [-0.25, -0.2) is 0 Å². The van der Waals surface area contributed by atoms with Crippen molar-refractivity contribution in [1.29, 1.82) is 0 Å². The Balaban J connectivity index is 1.37. The molecule has 1 N–H and O–H groups in total. The third-order valence-electron chi connectivity index (χ3n) is 5.52. The number of ether oxygens (including phenoxy) is 3. The first-order chi connectivity index (χ1) is 15.4. The Morgan fingerprint density at radius 3 is 2.03 bits per heavy atom. The average Bonchev–Trinajstić information content (AvgIpc) is 3.35. The number of rotatable bonds is 11. The maximum atomic E-state index is 6.15. The van der Waals surface area contributed by atoms with Crippen molar-refractivity contribution in [3.8, 4) is 11.5 Å². The van der Waals surface area contributed by atoms with Gasteiger partial charge in [-0.3, -0.25) is 0 Å². The molecule has 0 saturated carbocycles. The maximum absolute atomic E-state index is 6.15. The summed E-state index contributed by atoms with van der Waals surface area (Å²) in [6.45, 7) is 3.49. The topological polar surface area (TPSA) is 39.7 Å². The maximum Gasteiger partial charge on any atom is 0.162 e. The van der Waals surface area contributed by atoms with Crippen LogP contribution < -0.4 is 14.8 Å². The molecule has 0 aromatic heterocycles. The first kappa shape index (κ1) is 21.4. The van der Waals surface area contributed by atoms with E-state index in [-0.39, 0.29) is 0 Å². The van der Waals surface area contributed by atoms with E-state index in [1.54, 1.807) is 0 Å². The molecule has 0 radical (unpaired) electrons. The number of hydrogen-bond acceptors (Lipinski definition) is 4. The summed E-state index contributed by atoms with van der Waals surface area (Å²) in [4.78, 5) is 0. The Bertz CT molecular complexity index is 908. The molecule has 4 nitrogen and oxygen atoms in total. The second-order valence-corrected chi connectivity index (χ2v) is 7.96. The summed E-state index contributed by atoms with van der Waals surface area (Å²) >= 11 is 0. The Kier molecular flexibility index (Phi) is 7.97. The standard InChI is InChI=1S/C27H31NO3/c1-3-8-22(9-4-1)20-30-26-14-13-24(19-29-17-15-25-12-7-16-28-25)18-27(26)31-21-23-10-5-2-6-11-23/h1-6,8-11,13-14,18,25,28H,7,12,15-17,19-21H2/t25-/m1/s1. The van der Waals surface area contributed by atoms with E-state index >= 15 is 0 Å². The van der Waals surface area contributed by atoms with Gasteiger partial charge in [0.2, 0.25) is 0 Å². The van der Waals surface area contributed by atoms with Crippen LogP contribution in [-0.4, -0.2) is 19.2 Å². The van der Waals surface area contributed by atoms with Crippen LogP contribution in [0.4, 0.5) is 0 Å². The molecule has 31 heavy (non-hydrogen) atoms. The molecule has 4 rings (SSSR count). The minimum absolute atomic E-state index is 0.500. The normalized spacial score (nSPS) is 15.7. The summed E-state index contributed by atoms with van der Waals surface area (Å²) in [5.41, 5.74) is 3.35. The van der Waals surface area contributed by atoms with Gasteiger partial charge in [-0.2, -0.15) is 0 Å². The van der Waals surface area contributed by atoms with Gasteiger partial charge in [0.15, 0.2) is 11.5 Å². The predicted octanol–water partition coefficient (Wildman–Crippen LogP) is 5.50. The molecule has 3 aromatic carbocycles.